The van der Waals surface area contributed by atoms with Gasteiger partial charge in [-0.25, -0.2) is 4.79 Å². The molecule has 2 heterocycles. The fourth-order valence-electron chi connectivity index (χ4n) is 3.16. The van der Waals surface area contributed by atoms with Crippen molar-refractivity contribution in [3.63, 3.8) is 0 Å². The summed E-state index contributed by atoms with van der Waals surface area (Å²) in [5.74, 6) is 0.0838. The van der Waals surface area contributed by atoms with Crippen molar-refractivity contribution in [3.05, 3.63) is 33.3 Å². The van der Waals surface area contributed by atoms with Crippen molar-refractivity contribution in [1.29, 1.82) is 0 Å². The maximum absolute atomic E-state index is 12.5. The van der Waals surface area contributed by atoms with Crippen molar-refractivity contribution in [2.75, 3.05) is 26.7 Å². The molecule has 2 aliphatic heterocycles. The second-order valence-electron chi connectivity index (χ2n) is 6.20. The summed E-state index contributed by atoms with van der Waals surface area (Å²) < 4.78 is 6.35. The highest BCUT2D eigenvalue weighted by atomic mass is 79.9. The van der Waals surface area contributed by atoms with Crippen LogP contribution in [-0.2, 0) is 16.0 Å². The first kappa shape index (κ1) is 16.6. The summed E-state index contributed by atoms with van der Waals surface area (Å²) in [5, 5.41) is 0.639. The minimum atomic E-state index is -0.413. The standard InChI is InChI=1S/C16H18BrClN2O3/c1-19-10-16(23-15(19)22)4-6-20(7-5-16)14(21)8-11-2-3-12(18)9-13(11)17/h2-3,9H,4-8,10H2,1H3. The van der Waals surface area contributed by atoms with Crippen LogP contribution in [0, 0.1) is 0 Å². The fourth-order valence-corrected chi connectivity index (χ4v) is 3.98. The second kappa shape index (κ2) is 6.32. The number of hydrogen-bond donors (Lipinski definition) is 0. The van der Waals surface area contributed by atoms with Gasteiger partial charge in [-0.15, -0.1) is 0 Å². The van der Waals surface area contributed by atoms with Gasteiger partial charge in [0.15, 0.2) is 0 Å². The number of likely N-dealkylation sites (tertiary alicyclic amines) is 1. The van der Waals surface area contributed by atoms with Crippen molar-refractivity contribution >= 4 is 39.5 Å². The van der Waals surface area contributed by atoms with Crippen LogP contribution in [-0.4, -0.2) is 54.1 Å². The van der Waals surface area contributed by atoms with Crippen molar-refractivity contribution in [2.45, 2.75) is 24.9 Å². The minimum Gasteiger partial charge on any atom is -0.441 e. The van der Waals surface area contributed by atoms with Crippen molar-refractivity contribution in [3.8, 4) is 0 Å². The van der Waals surface area contributed by atoms with Gasteiger partial charge >= 0.3 is 6.09 Å². The molecule has 1 spiro atoms. The largest absolute Gasteiger partial charge is 0.441 e. The number of piperidine rings is 1. The summed E-state index contributed by atoms with van der Waals surface area (Å²) in [7, 11) is 1.74. The van der Waals surface area contributed by atoms with E-state index in [1.165, 1.54) is 0 Å². The van der Waals surface area contributed by atoms with Gasteiger partial charge in [-0.3, -0.25) is 4.79 Å². The number of nitrogens with zero attached hydrogens (tertiary/aromatic N) is 2. The first-order chi connectivity index (χ1) is 10.9. The van der Waals surface area contributed by atoms with Crippen LogP contribution in [0.1, 0.15) is 18.4 Å². The van der Waals surface area contributed by atoms with E-state index in [-0.39, 0.29) is 12.0 Å². The molecule has 0 aromatic heterocycles. The van der Waals surface area contributed by atoms with Crippen LogP contribution in [0.5, 0.6) is 0 Å². The van der Waals surface area contributed by atoms with Crippen LogP contribution >= 0.6 is 27.5 Å². The monoisotopic (exact) mass is 400 g/mol. The molecule has 0 N–H and O–H groups in total. The van der Waals surface area contributed by atoms with E-state index in [0.29, 0.717) is 43.9 Å². The Morgan fingerprint density at radius 3 is 2.65 bits per heavy atom. The SMILES string of the molecule is CN1CC2(CCN(C(=O)Cc3ccc(Cl)cc3Br)CC2)OC1=O. The van der Waals surface area contributed by atoms with E-state index in [0.717, 1.165) is 10.0 Å². The average molecular weight is 402 g/mol. The summed E-state index contributed by atoms with van der Waals surface area (Å²) in [6.45, 7) is 1.84. The number of rotatable bonds is 2. The Hall–Kier alpha value is -1.27. The number of ether oxygens (including phenoxy) is 1. The zero-order chi connectivity index (χ0) is 16.6. The van der Waals surface area contributed by atoms with Gasteiger partial charge in [0.05, 0.1) is 13.0 Å². The Labute approximate surface area is 148 Å². The van der Waals surface area contributed by atoms with Crippen LogP contribution in [0.4, 0.5) is 4.79 Å². The van der Waals surface area contributed by atoms with E-state index in [9.17, 15) is 9.59 Å². The number of amides is 2. The highest BCUT2D eigenvalue weighted by Gasteiger charge is 2.46. The maximum atomic E-state index is 12.5. The predicted molar refractivity (Wildman–Crippen MR) is 90.5 cm³/mol. The molecule has 2 aliphatic rings. The van der Waals surface area contributed by atoms with Crippen LogP contribution in [0.3, 0.4) is 0 Å². The van der Waals surface area contributed by atoms with E-state index >= 15 is 0 Å². The van der Waals surface area contributed by atoms with Gasteiger partial charge in [-0.2, -0.15) is 0 Å². The highest BCUT2D eigenvalue weighted by molar-refractivity contribution is 9.10. The van der Waals surface area contributed by atoms with Gasteiger partial charge in [-0.1, -0.05) is 33.6 Å². The summed E-state index contributed by atoms with van der Waals surface area (Å²) in [5.41, 5.74) is 0.510. The number of hydrogen-bond acceptors (Lipinski definition) is 3. The highest BCUT2D eigenvalue weighted by Crippen LogP contribution is 2.33. The molecular weight excluding hydrogens is 384 g/mol. The molecule has 1 aromatic carbocycles. The second-order valence-corrected chi connectivity index (χ2v) is 7.49. The summed E-state index contributed by atoms with van der Waals surface area (Å²) in [6, 6.07) is 5.45. The summed E-state index contributed by atoms with van der Waals surface area (Å²) >= 11 is 9.37. The third kappa shape index (κ3) is 3.48. The van der Waals surface area contributed by atoms with Crippen LogP contribution in [0.25, 0.3) is 0 Å². The molecule has 0 atom stereocenters. The number of likely N-dealkylation sites (N-methyl/N-ethyl adjacent to an activating group) is 1. The van der Waals surface area contributed by atoms with E-state index < -0.39 is 5.60 Å². The van der Waals surface area contributed by atoms with Gasteiger partial charge in [0.2, 0.25) is 5.91 Å². The molecule has 0 aliphatic carbocycles. The topological polar surface area (TPSA) is 49.9 Å². The molecule has 5 nitrogen and oxygen atoms in total. The van der Waals surface area contributed by atoms with Crippen LogP contribution in [0.15, 0.2) is 22.7 Å². The molecule has 0 unspecified atom stereocenters. The quantitative estimate of drug-likeness (QED) is 0.765. The average Bonchev–Trinajstić information content (AvgIpc) is 2.77. The molecule has 0 saturated carbocycles. The molecule has 1 aromatic rings. The van der Waals surface area contributed by atoms with Crippen molar-refractivity contribution < 1.29 is 14.3 Å². The first-order valence-electron chi connectivity index (χ1n) is 7.54. The zero-order valence-corrected chi connectivity index (χ0v) is 15.2. The molecule has 124 valence electrons. The molecule has 23 heavy (non-hydrogen) atoms. The minimum absolute atomic E-state index is 0.0838. The number of carbonyl (C=O) groups is 2. The molecule has 2 saturated heterocycles. The predicted octanol–water partition coefficient (Wildman–Crippen LogP) is 3.09. The molecule has 0 bridgehead atoms. The Balaban J connectivity index is 1.59. The lowest BCUT2D eigenvalue weighted by Gasteiger charge is -2.37. The lowest BCUT2D eigenvalue weighted by atomic mass is 9.91. The first-order valence-corrected chi connectivity index (χ1v) is 8.71. The smallest absolute Gasteiger partial charge is 0.410 e. The molecule has 2 amide bonds. The summed E-state index contributed by atoms with van der Waals surface area (Å²) in [6.07, 6.45) is 1.45. The lowest BCUT2D eigenvalue weighted by Crippen LogP contribution is -2.49. The van der Waals surface area contributed by atoms with E-state index in [1.54, 1.807) is 24.1 Å². The molecule has 2 fully saturated rings. The molecule has 7 heteroatoms. The van der Waals surface area contributed by atoms with Gasteiger partial charge in [-0.05, 0) is 17.7 Å². The Bertz CT molecular complexity index is 644. The molecule has 0 radical (unpaired) electrons. The van der Waals surface area contributed by atoms with E-state index in [1.807, 2.05) is 11.0 Å². The Morgan fingerprint density at radius 2 is 2.09 bits per heavy atom. The third-order valence-corrected chi connectivity index (χ3v) is 5.50. The maximum Gasteiger partial charge on any atom is 0.410 e. The van der Waals surface area contributed by atoms with Crippen LogP contribution in [0.2, 0.25) is 5.02 Å². The van der Waals surface area contributed by atoms with Crippen LogP contribution < -0.4 is 0 Å². The zero-order valence-electron chi connectivity index (χ0n) is 12.8. The van der Waals surface area contributed by atoms with Gasteiger partial charge in [0.25, 0.3) is 0 Å². The number of benzene rings is 1. The third-order valence-electron chi connectivity index (χ3n) is 4.52. The summed E-state index contributed by atoms with van der Waals surface area (Å²) in [4.78, 5) is 27.5. The Kier molecular flexibility index (Phi) is 4.56. The van der Waals surface area contributed by atoms with Gasteiger partial charge in [0, 0.05) is 42.5 Å². The lowest BCUT2D eigenvalue weighted by molar-refractivity contribution is -0.133. The van der Waals surface area contributed by atoms with Crippen molar-refractivity contribution in [1.82, 2.24) is 9.80 Å². The fraction of sp³-hybridized carbons (Fsp3) is 0.500. The molecule has 3 rings (SSSR count). The van der Waals surface area contributed by atoms with Gasteiger partial charge < -0.3 is 14.5 Å². The van der Waals surface area contributed by atoms with Crippen molar-refractivity contribution in [2.24, 2.45) is 0 Å². The Morgan fingerprint density at radius 1 is 1.39 bits per heavy atom. The van der Waals surface area contributed by atoms with E-state index in [4.69, 9.17) is 16.3 Å². The van der Waals surface area contributed by atoms with E-state index in [2.05, 4.69) is 15.9 Å². The van der Waals surface area contributed by atoms with Gasteiger partial charge in [0.1, 0.15) is 5.60 Å². The molecular formula is C16H18BrClN2O3. The number of halogens is 2. The number of carbonyl (C=O) groups excluding carboxylic acids is 2. The normalized spacial score (nSPS) is 20.0.